The summed E-state index contributed by atoms with van der Waals surface area (Å²) in [6.07, 6.45) is 1.53. The van der Waals surface area contributed by atoms with E-state index in [1.165, 1.54) is 13.3 Å². The first-order chi connectivity index (χ1) is 5.77. The van der Waals surface area contributed by atoms with Crippen LogP contribution in [-0.4, -0.2) is 12.1 Å². The molecule has 0 radical (unpaired) electrons. The van der Waals surface area contributed by atoms with Crippen molar-refractivity contribution in [3.8, 4) is 11.9 Å². The van der Waals surface area contributed by atoms with Crippen LogP contribution in [0.15, 0.2) is 18.3 Å². The molecule has 0 fully saturated rings. The van der Waals surface area contributed by atoms with Gasteiger partial charge < -0.3 is 10.5 Å². The summed E-state index contributed by atoms with van der Waals surface area (Å²) >= 11 is 0. The van der Waals surface area contributed by atoms with Crippen LogP contribution in [0, 0.1) is 11.3 Å². The van der Waals surface area contributed by atoms with Crippen molar-refractivity contribution in [2.75, 3.05) is 7.11 Å². The molecule has 4 heteroatoms. The van der Waals surface area contributed by atoms with Crippen molar-refractivity contribution in [2.45, 2.75) is 6.04 Å². The number of hydrogen-bond donors (Lipinski definition) is 1. The van der Waals surface area contributed by atoms with Gasteiger partial charge in [0.15, 0.2) is 0 Å². The Balaban J connectivity index is 2.86. The van der Waals surface area contributed by atoms with Crippen molar-refractivity contribution < 1.29 is 4.74 Å². The van der Waals surface area contributed by atoms with Crippen molar-refractivity contribution in [3.63, 3.8) is 0 Å². The van der Waals surface area contributed by atoms with Gasteiger partial charge in [0, 0.05) is 17.8 Å². The molecule has 0 aliphatic carbocycles. The standard InChI is InChI=1S/C8H9N3O/c1-12-8-3-2-6(5-11-8)7(10)4-9/h2-3,5,7H,10H2,1H3/t7-/m1/s1. The third-order valence-corrected chi connectivity index (χ3v) is 1.47. The van der Waals surface area contributed by atoms with E-state index < -0.39 is 6.04 Å². The Hall–Kier alpha value is -1.60. The van der Waals surface area contributed by atoms with Gasteiger partial charge in [-0.1, -0.05) is 0 Å². The van der Waals surface area contributed by atoms with Gasteiger partial charge in [-0.15, -0.1) is 0 Å². The lowest BCUT2D eigenvalue weighted by molar-refractivity contribution is 0.397. The minimum absolute atomic E-state index is 0.517. The third-order valence-electron chi connectivity index (χ3n) is 1.47. The van der Waals surface area contributed by atoms with E-state index in [0.717, 1.165) is 0 Å². The first-order valence-corrected chi connectivity index (χ1v) is 3.43. The van der Waals surface area contributed by atoms with Crippen LogP contribution in [0.4, 0.5) is 0 Å². The highest BCUT2D eigenvalue weighted by molar-refractivity contribution is 5.23. The number of pyridine rings is 1. The highest BCUT2D eigenvalue weighted by atomic mass is 16.5. The molecule has 0 aromatic carbocycles. The molecule has 62 valence electrons. The van der Waals surface area contributed by atoms with Crippen LogP contribution in [0.25, 0.3) is 0 Å². The van der Waals surface area contributed by atoms with Crippen LogP contribution in [-0.2, 0) is 0 Å². The SMILES string of the molecule is COc1ccc([C@H](N)C#N)cn1. The second-order valence-electron chi connectivity index (χ2n) is 2.24. The average Bonchev–Trinajstić information content (AvgIpc) is 2.17. The van der Waals surface area contributed by atoms with Crippen LogP contribution < -0.4 is 10.5 Å². The number of nitriles is 1. The van der Waals surface area contributed by atoms with Gasteiger partial charge in [0.1, 0.15) is 6.04 Å². The van der Waals surface area contributed by atoms with E-state index in [1.807, 2.05) is 6.07 Å². The molecule has 0 saturated carbocycles. The molecule has 0 aliphatic rings. The topological polar surface area (TPSA) is 71.9 Å². The lowest BCUT2D eigenvalue weighted by atomic mass is 10.1. The zero-order valence-electron chi connectivity index (χ0n) is 6.69. The monoisotopic (exact) mass is 163 g/mol. The molecule has 0 amide bonds. The highest BCUT2D eigenvalue weighted by Crippen LogP contribution is 2.11. The number of ether oxygens (including phenoxy) is 1. The minimum Gasteiger partial charge on any atom is -0.481 e. The zero-order valence-corrected chi connectivity index (χ0v) is 6.69. The average molecular weight is 163 g/mol. The van der Waals surface area contributed by atoms with Gasteiger partial charge in [-0.3, -0.25) is 0 Å². The van der Waals surface area contributed by atoms with E-state index in [2.05, 4.69) is 4.98 Å². The molecule has 1 aromatic heterocycles. The van der Waals surface area contributed by atoms with Crippen LogP contribution in [0.3, 0.4) is 0 Å². The number of methoxy groups -OCH3 is 1. The molecule has 1 heterocycles. The van der Waals surface area contributed by atoms with Gasteiger partial charge in [0.2, 0.25) is 5.88 Å². The van der Waals surface area contributed by atoms with Gasteiger partial charge >= 0.3 is 0 Å². The van der Waals surface area contributed by atoms with Gasteiger partial charge in [-0.25, -0.2) is 4.98 Å². The van der Waals surface area contributed by atoms with E-state index in [4.69, 9.17) is 15.7 Å². The van der Waals surface area contributed by atoms with Crippen LogP contribution in [0.5, 0.6) is 5.88 Å². The maximum Gasteiger partial charge on any atom is 0.212 e. The predicted octanol–water partition coefficient (Wildman–Crippen LogP) is 0.614. The van der Waals surface area contributed by atoms with E-state index in [9.17, 15) is 0 Å². The lowest BCUT2D eigenvalue weighted by Gasteiger charge is -2.02. The van der Waals surface area contributed by atoms with Crippen LogP contribution >= 0.6 is 0 Å². The van der Waals surface area contributed by atoms with Gasteiger partial charge in [0.05, 0.1) is 13.2 Å². The number of rotatable bonds is 2. The third kappa shape index (κ3) is 1.71. The van der Waals surface area contributed by atoms with E-state index in [0.29, 0.717) is 11.4 Å². The minimum atomic E-state index is -0.608. The molecule has 4 nitrogen and oxygen atoms in total. The van der Waals surface area contributed by atoms with Crippen molar-refractivity contribution in [1.29, 1.82) is 5.26 Å². The Labute approximate surface area is 70.6 Å². The molecule has 1 atom stereocenters. The Morgan fingerprint density at radius 1 is 1.67 bits per heavy atom. The summed E-state index contributed by atoms with van der Waals surface area (Å²) < 4.78 is 4.85. The predicted molar refractivity (Wildman–Crippen MR) is 43.3 cm³/mol. The zero-order chi connectivity index (χ0) is 8.97. The van der Waals surface area contributed by atoms with Gasteiger partial charge in [-0.2, -0.15) is 5.26 Å². The van der Waals surface area contributed by atoms with Crippen LogP contribution in [0.1, 0.15) is 11.6 Å². The fourth-order valence-electron chi connectivity index (χ4n) is 0.771. The summed E-state index contributed by atoms with van der Waals surface area (Å²) in [6, 6.07) is 4.70. The van der Waals surface area contributed by atoms with E-state index in [1.54, 1.807) is 12.1 Å². The van der Waals surface area contributed by atoms with E-state index in [-0.39, 0.29) is 0 Å². The summed E-state index contributed by atoms with van der Waals surface area (Å²) in [5, 5.41) is 8.48. The first kappa shape index (κ1) is 8.50. The van der Waals surface area contributed by atoms with Crippen molar-refractivity contribution in [1.82, 2.24) is 4.98 Å². The summed E-state index contributed by atoms with van der Waals surface area (Å²) in [5.41, 5.74) is 6.14. The smallest absolute Gasteiger partial charge is 0.212 e. The Bertz CT molecular complexity index is 288. The molecule has 0 aliphatic heterocycles. The maximum atomic E-state index is 8.48. The number of nitrogens with zero attached hydrogens (tertiary/aromatic N) is 2. The molecular formula is C8H9N3O. The molecule has 12 heavy (non-hydrogen) atoms. The summed E-state index contributed by atoms with van der Waals surface area (Å²) in [5.74, 6) is 0.517. The number of nitrogens with two attached hydrogens (primary N) is 1. The van der Waals surface area contributed by atoms with Crippen molar-refractivity contribution in [2.24, 2.45) is 5.73 Å². The normalized spacial score (nSPS) is 11.8. The maximum absolute atomic E-state index is 8.48. The quantitative estimate of drug-likeness (QED) is 0.693. The first-order valence-electron chi connectivity index (χ1n) is 3.43. The molecule has 0 spiro atoms. The fraction of sp³-hybridized carbons (Fsp3) is 0.250. The van der Waals surface area contributed by atoms with Crippen LogP contribution in [0.2, 0.25) is 0 Å². The van der Waals surface area contributed by atoms with Crippen molar-refractivity contribution >= 4 is 0 Å². The summed E-state index contributed by atoms with van der Waals surface area (Å²) in [7, 11) is 1.53. The molecule has 1 rings (SSSR count). The fourth-order valence-corrected chi connectivity index (χ4v) is 0.771. The van der Waals surface area contributed by atoms with E-state index >= 15 is 0 Å². The second-order valence-corrected chi connectivity index (χ2v) is 2.24. The molecule has 0 unspecified atom stereocenters. The molecular weight excluding hydrogens is 154 g/mol. The lowest BCUT2D eigenvalue weighted by Crippen LogP contribution is -2.07. The summed E-state index contributed by atoms with van der Waals surface area (Å²) in [6.45, 7) is 0. The Morgan fingerprint density at radius 2 is 2.42 bits per heavy atom. The molecule has 2 N–H and O–H groups in total. The Morgan fingerprint density at radius 3 is 2.83 bits per heavy atom. The number of aromatic nitrogens is 1. The highest BCUT2D eigenvalue weighted by Gasteiger charge is 2.03. The molecule has 0 bridgehead atoms. The molecule has 1 aromatic rings. The summed E-state index contributed by atoms with van der Waals surface area (Å²) in [4.78, 5) is 3.91. The van der Waals surface area contributed by atoms with Crippen molar-refractivity contribution in [3.05, 3.63) is 23.9 Å². The Kier molecular flexibility index (Phi) is 2.62. The largest absolute Gasteiger partial charge is 0.481 e. The van der Waals surface area contributed by atoms with Gasteiger partial charge in [-0.05, 0) is 6.07 Å². The number of hydrogen-bond acceptors (Lipinski definition) is 4. The van der Waals surface area contributed by atoms with Gasteiger partial charge in [0.25, 0.3) is 0 Å². The molecule has 0 saturated heterocycles. The second kappa shape index (κ2) is 3.69.